The molecule has 1 unspecified atom stereocenters. The predicted octanol–water partition coefficient (Wildman–Crippen LogP) is 3.00. The van der Waals surface area contributed by atoms with Gasteiger partial charge in [0.25, 0.3) is 0 Å². The van der Waals surface area contributed by atoms with Gasteiger partial charge in [-0.15, -0.1) is 24.0 Å². The molecule has 0 aromatic heterocycles. The quantitative estimate of drug-likeness (QED) is 0.385. The number of fused-ring (bicyclic) bond motifs is 1. The average molecular weight is 487 g/mol. The highest BCUT2D eigenvalue weighted by Crippen LogP contribution is 2.32. The molecule has 0 spiro atoms. The predicted molar refractivity (Wildman–Crippen MR) is 115 cm³/mol. The van der Waals surface area contributed by atoms with Crippen molar-refractivity contribution in [2.75, 3.05) is 30.8 Å². The Kier molecular flexibility index (Phi) is 8.17. The van der Waals surface area contributed by atoms with Gasteiger partial charge in [-0.05, 0) is 24.3 Å². The maximum Gasteiger partial charge on any atom is 0.193 e. The van der Waals surface area contributed by atoms with Crippen molar-refractivity contribution >= 4 is 46.4 Å². The van der Waals surface area contributed by atoms with Crippen molar-refractivity contribution in [3.63, 3.8) is 0 Å². The number of hydrogen-bond donors (Lipinski definition) is 2. The van der Waals surface area contributed by atoms with Gasteiger partial charge in [-0.25, -0.2) is 0 Å². The topological polar surface area (TPSA) is 85.9 Å². The molecule has 2 aromatic rings. The van der Waals surface area contributed by atoms with Crippen molar-refractivity contribution in [3.8, 4) is 11.5 Å². The van der Waals surface area contributed by atoms with Gasteiger partial charge in [-0.3, -0.25) is 9.20 Å². The van der Waals surface area contributed by atoms with Crippen LogP contribution in [-0.2, 0) is 10.8 Å². The summed E-state index contributed by atoms with van der Waals surface area (Å²) in [5.41, 5.74) is 6.68. The highest BCUT2D eigenvalue weighted by atomic mass is 127. The van der Waals surface area contributed by atoms with Crippen LogP contribution in [0.1, 0.15) is 6.42 Å². The number of ether oxygens (including phenoxy) is 2. The van der Waals surface area contributed by atoms with Crippen molar-refractivity contribution in [3.05, 3.63) is 48.5 Å². The van der Waals surface area contributed by atoms with Crippen molar-refractivity contribution < 1.29 is 13.7 Å². The average Bonchev–Trinajstić information content (AvgIpc) is 2.87. The van der Waals surface area contributed by atoms with Gasteiger partial charge in [0.15, 0.2) is 17.5 Å². The molecule has 0 amide bonds. The van der Waals surface area contributed by atoms with Crippen LogP contribution >= 0.6 is 24.0 Å². The van der Waals surface area contributed by atoms with Crippen LogP contribution in [0.3, 0.4) is 0 Å². The van der Waals surface area contributed by atoms with Crippen LogP contribution in [-0.4, -0.2) is 35.7 Å². The maximum absolute atomic E-state index is 12.1. The summed E-state index contributed by atoms with van der Waals surface area (Å²) in [6, 6.07) is 14.9. The molecule has 0 saturated heterocycles. The SMILES string of the molecule is I.NC(=NCCS(=O)c1ccccc1)Nc1ccc2c(c1)OCCCO2. The number of hydrogen-bond acceptors (Lipinski definition) is 4. The minimum Gasteiger partial charge on any atom is -0.490 e. The number of rotatable bonds is 5. The Balaban J connectivity index is 0.00000243. The Morgan fingerprint density at radius 2 is 1.85 bits per heavy atom. The third-order valence-corrected chi connectivity index (χ3v) is 4.94. The highest BCUT2D eigenvalue weighted by Gasteiger charge is 2.11. The standard InChI is InChI=1S/C18H21N3O3S.HI/c19-18(20-9-12-25(22)15-5-2-1-3-6-15)21-14-7-8-16-17(13-14)24-11-4-10-23-16;/h1-3,5-8,13H,4,9-12H2,(H3,19,20,21);1H. The molecule has 1 aliphatic heterocycles. The number of halogens is 1. The maximum atomic E-state index is 12.1. The van der Waals surface area contributed by atoms with Gasteiger partial charge in [0, 0.05) is 28.8 Å². The molecule has 3 rings (SSSR count). The zero-order valence-corrected chi connectivity index (χ0v) is 17.4. The van der Waals surface area contributed by atoms with Crippen LogP contribution < -0.4 is 20.5 Å². The molecule has 3 N–H and O–H groups in total. The molecule has 1 atom stereocenters. The lowest BCUT2D eigenvalue weighted by Crippen LogP contribution is -2.23. The van der Waals surface area contributed by atoms with E-state index in [-0.39, 0.29) is 29.9 Å². The first-order chi connectivity index (χ1) is 12.2. The fourth-order valence-electron chi connectivity index (χ4n) is 2.37. The molecule has 0 radical (unpaired) electrons. The van der Waals surface area contributed by atoms with Gasteiger partial charge in [0.2, 0.25) is 0 Å². The molecule has 0 fully saturated rings. The third-order valence-electron chi connectivity index (χ3n) is 3.58. The lowest BCUT2D eigenvalue weighted by atomic mass is 10.3. The summed E-state index contributed by atoms with van der Waals surface area (Å²) in [4.78, 5) is 5.03. The van der Waals surface area contributed by atoms with E-state index in [9.17, 15) is 4.21 Å². The summed E-state index contributed by atoms with van der Waals surface area (Å²) in [6.45, 7) is 1.66. The van der Waals surface area contributed by atoms with Crippen LogP contribution in [0.4, 0.5) is 5.69 Å². The molecule has 0 aliphatic carbocycles. The third kappa shape index (κ3) is 5.87. The van der Waals surface area contributed by atoms with Crippen molar-refractivity contribution in [1.82, 2.24) is 0 Å². The lowest BCUT2D eigenvalue weighted by molar-refractivity contribution is 0.297. The Morgan fingerprint density at radius 3 is 2.62 bits per heavy atom. The molecule has 6 nitrogen and oxygen atoms in total. The van der Waals surface area contributed by atoms with Gasteiger partial charge < -0.3 is 20.5 Å². The molecule has 0 saturated carbocycles. The van der Waals surface area contributed by atoms with Crippen molar-refractivity contribution in [2.24, 2.45) is 10.7 Å². The number of nitrogens with two attached hydrogens (primary N) is 1. The van der Waals surface area contributed by atoms with E-state index < -0.39 is 10.8 Å². The van der Waals surface area contributed by atoms with Crippen molar-refractivity contribution in [2.45, 2.75) is 11.3 Å². The smallest absolute Gasteiger partial charge is 0.193 e. The van der Waals surface area contributed by atoms with Gasteiger partial charge in [-0.2, -0.15) is 0 Å². The Morgan fingerprint density at radius 1 is 1.12 bits per heavy atom. The highest BCUT2D eigenvalue weighted by molar-refractivity contribution is 14.0. The first-order valence-corrected chi connectivity index (χ1v) is 9.44. The number of nitrogens with one attached hydrogen (secondary N) is 1. The number of benzene rings is 2. The molecule has 140 valence electrons. The number of anilines is 1. The first kappa shape index (κ1) is 20.5. The zero-order chi connectivity index (χ0) is 17.5. The molecule has 1 aliphatic rings. The second-order valence-corrected chi connectivity index (χ2v) is 7.04. The fourth-order valence-corrected chi connectivity index (χ4v) is 3.32. The summed E-state index contributed by atoms with van der Waals surface area (Å²) >= 11 is 0. The summed E-state index contributed by atoms with van der Waals surface area (Å²) in [6.07, 6.45) is 0.861. The normalized spacial score (nSPS) is 14.7. The summed E-state index contributed by atoms with van der Waals surface area (Å²) in [7, 11) is -1.08. The monoisotopic (exact) mass is 487 g/mol. The van der Waals surface area contributed by atoms with E-state index in [1.807, 2.05) is 48.5 Å². The van der Waals surface area contributed by atoms with Crippen LogP contribution in [0, 0.1) is 0 Å². The largest absolute Gasteiger partial charge is 0.490 e. The van der Waals surface area contributed by atoms with E-state index in [0.29, 0.717) is 31.3 Å². The van der Waals surface area contributed by atoms with E-state index >= 15 is 0 Å². The van der Waals surface area contributed by atoms with Crippen LogP contribution in [0.2, 0.25) is 0 Å². The van der Waals surface area contributed by atoms with E-state index in [1.54, 1.807) is 0 Å². The number of guanidine groups is 1. The summed E-state index contributed by atoms with van der Waals surface area (Å²) < 4.78 is 23.4. The molecule has 2 aromatic carbocycles. The van der Waals surface area contributed by atoms with E-state index in [0.717, 1.165) is 22.8 Å². The molecule has 1 heterocycles. The van der Waals surface area contributed by atoms with Gasteiger partial charge in [0.05, 0.1) is 30.6 Å². The summed E-state index contributed by atoms with van der Waals surface area (Å²) in [5, 5.41) is 3.02. The van der Waals surface area contributed by atoms with Gasteiger partial charge in [0.1, 0.15) is 0 Å². The van der Waals surface area contributed by atoms with Gasteiger partial charge in [-0.1, -0.05) is 18.2 Å². The molecule has 0 bridgehead atoms. The van der Waals surface area contributed by atoms with Gasteiger partial charge >= 0.3 is 0 Å². The van der Waals surface area contributed by atoms with Crippen LogP contribution in [0.25, 0.3) is 0 Å². The second kappa shape index (κ2) is 10.4. The Hall–Kier alpha value is -1.81. The van der Waals surface area contributed by atoms with E-state index in [2.05, 4.69) is 10.3 Å². The Bertz CT molecular complexity index is 772. The molecule has 8 heteroatoms. The summed E-state index contributed by atoms with van der Waals surface area (Å²) in [5.74, 6) is 2.13. The zero-order valence-electron chi connectivity index (χ0n) is 14.2. The molecule has 26 heavy (non-hydrogen) atoms. The second-order valence-electron chi connectivity index (χ2n) is 5.47. The minimum absolute atomic E-state index is 0. The van der Waals surface area contributed by atoms with Crippen LogP contribution in [0.5, 0.6) is 11.5 Å². The fraction of sp³-hybridized carbons (Fsp3) is 0.278. The van der Waals surface area contributed by atoms with E-state index in [1.165, 1.54) is 0 Å². The molecular weight excluding hydrogens is 465 g/mol. The van der Waals surface area contributed by atoms with Crippen LogP contribution in [0.15, 0.2) is 58.4 Å². The first-order valence-electron chi connectivity index (χ1n) is 8.12. The Labute approximate surface area is 172 Å². The minimum atomic E-state index is -1.08. The number of aliphatic imine (C=N–C) groups is 1. The van der Waals surface area contributed by atoms with E-state index in [4.69, 9.17) is 15.2 Å². The number of nitrogens with zero attached hydrogens (tertiary/aromatic N) is 1. The lowest BCUT2D eigenvalue weighted by Gasteiger charge is -2.10. The molecular formula is C18H22IN3O3S. The van der Waals surface area contributed by atoms with Crippen molar-refractivity contribution in [1.29, 1.82) is 0 Å².